The van der Waals surface area contributed by atoms with E-state index in [0.717, 1.165) is 42.6 Å². The lowest BCUT2D eigenvalue weighted by molar-refractivity contribution is 0.835. The Balaban J connectivity index is 0.000000150. The molecule has 0 saturated heterocycles. The van der Waals surface area contributed by atoms with Crippen LogP contribution >= 0.6 is 47.8 Å². The van der Waals surface area contributed by atoms with Crippen LogP contribution in [0.2, 0.25) is 0 Å². The second-order valence-corrected chi connectivity index (χ2v) is 10.8. The molecule has 6 rings (SSSR count). The van der Waals surface area contributed by atoms with Gasteiger partial charge in [-0.25, -0.2) is 9.69 Å². The summed E-state index contributed by atoms with van der Waals surface area (Å²) in [5, 5.41) is 3.10. The van der Waals surface area contributed by atoms with E-state index < -0.39 is 0 Å². The Morgan fingerprint density at radius 3 is 1.87 bits per heavy atom. The van der Waals surface area contributed by atoms with Gasteiger partial charge in [0.1, 0.15) is 0 Å². The van der Waals surface area contributed by atoms with Gasteiger partial charge in [0, 0.05) is 55.0 Å². The van der Waals surface area contributed by atoms with Crippen LogP contribution in [-0.4, -0.2) is 9.55 Å². The van der Waals surface area contributed by atoms with Crippen molar-refractivity contribution >= 4 is 81.0 Å². The van der Waals surface area contributed by atoms with Gasteiger partial charge in [0.05, 0.1) is 13.1 Å². The quantitative estimate of drug-likeness (QED) is 0.141. The number of H-pyrrole nitrogens is 1. The predicted octanol–water partition coefficient (Wildman–Crippen LogP) is 11.1. The van der Waals surface area contributed by atoms with Gasteiger partial charge in [0.2, 0.25) is 0 Å². The topological polar surface area (TPSA) is 29.4 Å². The highest BCUT2D eigenvalue weighted by molar-refractivity contribution is 9.11. The van der Waals surface area contributed by atoms with Gasteiger partial charge in [-0.1, -0.05) is 88.7 Å². The van der Waals surface area contributed by atoms with Gasteiger partial charge in [-0.3, -0.25) is 0 Å². The summed E-state index contributed by atoms with van der Waals surface area (Å²) in [6.07, 6.45) is 3.95. The fourth-order valence-electron chi connectivity index (χ4n) is 3.93. The van der Waals surface area contributed by atoms with E-state index in [0.29, 0.717) is 11.4 Å². The van der Waals surface area contributed by atoms with E-state index in [1.165, 1.54) is 11.1 Å². The fourth-order valence-corrected chi connectivity index (χ4v) is 5.31. The highest BCUT2D eigenvalue weighted by Gasteiger charge is 2.07. The molecule has 0 saturated carbocycles. The van der Waals surface area contributed by atoms with Crippen LogP contribution in [0.15, 0.2) is 118 Å². The Kier molecular flexibility index (Phi) is 10.2. The number of nitrogens with zero attached hydrogens (tertiary/aromatic N) is 3. The minimum absolute atomic E-state index is 0.669. The van der Waals surface area contributed by atoms with Crippen molar-refractivity contribution in [3.05, 3.63) is 152 Å². The van der Waals surface area contributed by atoms with Gasteiger partial charge in [-0.2, -0.15) is 0 Å². The first-order chi connectivity index (χ1) is 19.0. The molecule has 1 N–H and O–H groups in total. The molecule has 0 aliphatic heterocycles. The van der Waals surface area contributed by atoms with Gasteiger partial charge in [-0.15, -0.1) is 0 Å². The summed E-state index contributed by atoms with van der Waals surface area (Å²) in [6.45, 7) is 14.8. The zero-order valence-electron chi connectivity index (χ0n) is 20.8. The molecule has 6 aromatic rings. The highest BCUT2D eigenvalue weighted by Crippen LogP contribution is 2.30. The van der Waals surface area contributed by atoms with E-state index >= 15 is 0 Å². The third kappa shape index (κ3) is 7.49. The summed E-state index contributed by atoms with van der Waals surface area (Å²) in [5.74, 6) is 0. The highest BCUT2D eigenvalue weighted by atomic mass is 79.9. The zero-order chi connectivity index (χ0) is 27.6. The van der Waals surface area contributed by atoms with Gasteiger partial charge >= 0.3 is 0 Å². The molecule has 4 aromatic carbocycles. The molecule has 0 radical (unpaired) electrons. The number of benzene rings is 4. The van der Waals surface area contributed by atoms with E-state index in [2.05, 4.69) is 97.5 Å². The molecule has 0 bridgehead atoms. The molecule has 0 aliphatic carbocycles. The molecule has 0 unspecified atom stereocenters. The average molecular weight is 703 g/mol. The number of hydrogen-bond donors (Lipinski definition) is 1. The largest absolute Gasteiger partial charge is 0.360 e. The molecule has 0 spiro atoms. The monoisotopic (exact) mass is 700 g/mol. The lowest BCUT2D eigenvalue weighted by Crippen LogP contribution is -1.97. The van der Waals surface area contributed by atoms with Crippen molar-refractivity contribution in [1.29, 1.82) is 0 Å². The molecule has 2 aromatic heterocycles. The van der Waals surface area contributed by atoms with Crippen molar-refractivity contribution in [2.24, 2.45) is 0 Å². The summed E-state index contributed by atoms with van der Waals surface area (Å²) in [5.41, 5.74) is 6.12. The molecule has 7 heteroatoms. The smallest absolute Gasteiger partial charge is 0.188 e. The molecule has 0 amide bonds. The van der Waals surface area contributed by atoms with Crippen LogP contribution in [-0.2, 0) is 11.9 Å². The Hall–Kier alpha value is -3.62. The molecule has 0 atom stereocenters. The van der Waals surface area contributed by atoms with Crippen LogP contribution in [0.3, 0.4) is 0 Å². The summed E-state index contributed by atoms with van der Waals surface area (Å²) >= 11 is 10.3. The minimum Gasteiger partial charge on any atom is -0.360 e. The maximum Gasteiger partial charge on any atom is 0.188 e. The van der Waals surface area contributed by atoms with Crippen LogP contribution < -0.4 is 0 Å². The van der Waals surface area contributed by atoms with Crippen LogP contribution in [0.4, 0.5) is 11.4 Å². The molecule has 0 fully saturated rings. The SMILES string of the molecule is BrCc1ccccc1.[C-]#[N+]c1ccc2[nH]cc(Br)c2c1.[C-]#[N+]c1ccc2c(c1)c(Br)cn2Cc1ccccc1. The molecule has 4 nitrogen and oxygen atoms in total. The first kappa shape index (κ1) is 28.4. The van der Waals surface area contributed by atoms with E-state index in [9.17, 15) is 0 Å². The fraction of sp³-hybridized carbons (Fsp3) is 0.0625. The number of hydrogen-bond acceptors (Lipinski definition) is 0. The maximum absolute atomic E-state index is 7.08. The second-order valence-electron chi connectivity index (χ2n) is 8.50. The van der Waals surface area contributed by atoms with Crippen LogP contribution in [0.1, 0.15) is 11.1 Å². The van der Waals surface area contributed by atoms with Crippen molar-refractivity contribution < 1.29 is 0 Å². The van der Waals surface area contributed by atoms with E-state index in [-0.39, 0.29) is 0 Å². The van der Waals surface area contributed by atoms with E-state index in [1.54, 1.807) is 6.07 Å². The molecular formula is C32H23Br3N4. The molecule has 39 heavy (non-hydrogen) atoms. The average Bonchev–Trinajstić information content (AvgIpc) is 3.52. The van der Waals surface area contributed by atoms with Gasteiger partial charge in [-0.05, 0) is 67.3 Å². The normalized spacial score (nSPS) is 10.1. The summed E-state index contributed by atoms with van der Waals surface area (Å²) in [4.78, 5) is 9.92. The number of rotatable bonds is 3. The van der Waals surface area contributed by atoms with Crippen LogP contribution in [0.25, 0.3) is 31.5 Å². The first-order valence-electron chi connectivity index (χ1n) is 12.0. The Morgan fingerprint density at radius 1 is 0.692 bits per heavy atom. The standard InChI is InChI=1S/C16H11BrN2.C9H5BrN2.C7H7Br/c1-18-13-7-8-16-14(9-13)15(17)11-19(16)10-12-5-3-2-4-6-12;1-11-6-2-3-9-7(4-6)8(10)5-12-9;8-6-7-4-2-1-3-5-7/h2-9,11H,10H2;2-5,12H;1-5H,6H2. The maximum atomic E-state index is 7.08. The first-order valence-corrected chi connectivity index (χ1v) is 14.7. The van der Waals surface area contributed by atoms with Crippen molar-refractivity contribution in [3.63, 3.8) is 0 Å². The lowest BCUT2D eigenvalue weighted by atomic mass is 10.2. The summed E-state index contributed by atoms with van der Waals surface area (Å²) in [7, 11) is 0. The van der Waals surface area contributed by atoms with Gasteiger partial charge in [0.15, 0.2) is 11.4 Å². The minimum atomic E-state index is 0.669. The predicted molar refractivity (Wildman–Crippen MR) is 173 cm³/mol. The Morgan fingerprint density at radius 2 is 1.28 bits per heavy atom. The number of nitrogens with one attached hydrogen (secondary N) is 1. The number of fused-ring (bicyclic) bond motifs is 2. The number of alkyl halides is 1. The van der Waals surface area contributed by atoms with Gasteiger partial charge < -0.3 is 9.55 Å². The molecule has 0 aliphatic rings. The number of aromatic amines is 1. The molecular weight excluding hydrogens is 680 g/mol. The van der Waals surface area contributed by atoms with E-state index in [1.807, 2.05) is 72.9 Å². The van der Waals surface area contributed by atoms with Crippen molar-refractivity contribution in [1.82, 2.24) is 9.55 Å². The van der Waals surface area contributed by atoms with Crippen molar-refractivity contribution in [2.45, 2.75) is 11.9 Å². The molecule has 192 valence electrons. The number of aromatic nitrogens is 2. The summed E-state index contributed by atoms with van der Waals surface area (Å²) in [6, 6.07) is 32.0. The third-order valence-corrected chi connectivity index (χ3v) is 7.82. The van der Waals surface area contributed by atoms with E-state index in [4.69, 9.17) is 13.1 Å². The lowest BCUT2D eigenvalue weighted by Gasteiger charge is -2.05. The zero-order valence-corrected chi connectivity index (χ0v) is 25.5. The third-order valence-electron chi connectivity index (χ3n) is 5.88. The van der Waals surface area contributed by atoms with Gasteiger partial charge in [0.25, 0.3) is 0 Å². The summed E-state index contributed by atoms with van der Waals surface area (Å²) < 4.78 is 4.23. The van der Waals surface area contributed by atoms with Crippen molar-refractivity contribution in [2.75, 3.05) is 0 Å². The molecule has 2 heterocycles. The Labute approximate surface area is 253 Å². The van der Waals surface area contributed by atoms with Crippen LogP contribution in [0, 0.1) is 13.1 Å². The Bertz CT molecular complexity index is 1760. The second kappa shape index (κ2) is 14.0. The van der Waals surface area contributed by atoms with Crippen LogP contribution in [0.5, 0.6) is 0 Å². The van der Waals surface area contributed by atoms with Crippen molar-refractivity contribution in [3.8, 4) is 0 Å². The number of halogens is 3.